The van der Waals surface area contributed by atoms with Crippen LogP contribution in [-0.2, 0) is 22.6 Å². The van der Waals surface area contributed by atoms with Crippen molar-refractivity contribution in [2.45, 2.75) is 38.9 Å². The Bertz CT molecular complexity index is 1160. The molecule has 0 aliphatic heterocycles. The Kier molecular flexibility index (Phi) is 9.84. The molecule has 1 N–H and O–H groups in total. The van der Waals surface area contributed by atoms with Crippen molar-refractivity contribution in [3.05, 3.63) is 99.0 Å². The zero-order valence-electron chi connectivity index (χ0n) is 19.5. The van der Waals surface area contributed by atoms with Gasteiger partial charge in [-0.2, -0.15) is 0 Å². The molecule has 0 heterocycles. The normalized spacial score (nSPS) is 11.7. The van der Waals surface area contributed by atoms with Crippen molar-refractivity contribution in [1.82, 2.24) is 10.2 Å². The van der Waals surface area contributed by atoms with Crippen molar-refractivity contribution in [3.8, 4) is 5.75 Å². The number of benzene rings is 3. The molecule has 0 fully saturated rings. The fraction of sp³-hybridized carbons (Fsp3) is 0.259. The lowest BCUT2D eigenvalue weighted by atomic mass is 10.0. The summed E-state index contributed by atoms with van der Waals surface area (Å²) in [7, 11) is 0. The first-order valence-corrected chi connectivity index (χ1v) is 12.3. The standard InChI is InChI=1S/C27H27Cl3N2O3/c1-18(2)31-27(34)24(14-19-8-4-3-5-9-19)32(16-20-12-13-21(28)15-23(20)30)26(33)17-35-25-11-7-6-10-22(25)29/h3-13,15,18,24H,14,16-17H2,1-2H3,(H,31,34)/t24-/m0/s1. The van der Waals surface area contributed by atoms with E-state index in [1.54, 1.807) is 42.5 Å². The molecule has 3 rings (SSSR count). The van der Waals surface area contributed by atoms with E-state index in [0.717, 1.165) is 5.56 Å². The number of halogens is 3. The Hall–Kier alpha value is -2.73. The monoisotopic (exact) mass is 532 g/mol. The van der Waals surface area contributed by atoms with Crippen LogP contribution in [-0.4, -0.2) is 35.4 Å². The summed E-state index contributed by atoms with van der Waals surface area (Å²) >= 11 is 18.7. The summed E-state index contributed by atoms with van der Waals surface area (Å²) < 4.78 is 5.72. The number of nitrogens with zero attached hydrogens (tertiary/aromatic N) is 1. The van der Waals surface area contributed by atoms with Gasteiger partial charge in [0, 0.05) is 29.1 Å². The predicted octanol–water partition coefficient (Wildman–Crippen LogP) is 6.19. The average Bonchev–Trinajstić information content (AvgIpc) is 2.82. The van der Waals surface area contributed by atoms with Crippen molar-refractivity contribution in [2.24, 2.45) is 0 Å². The van der Waals surface area contributed by atoms with Crippen LogP contribution in [0.25, 0.3) is 0 Å². The third-order valence-electron chi connectivity index (χ3n) is 5.25. The van der Waals surface area contributed by atoms with E-state index in [1.165, 1.54) is 4.90 Å². The minimum absolute atomic E-state index is 0.101. The molecule has 0 radical (unpaired) electrons. The van der Waals surface area contributed by atoms with Crippen molar-refractivity contribution in [1.29, 1.82) is 0 Å². The van der Waals surface area contributed by atoms with E-state index in [-0.39, 0.29) is 31.0 Å². The molecule has 2 amide bonds. The number of rotatable bonds is 10. The van der Waals surface area contributed by atoms with Gasteiger partial charge in [0.15, 0.2) is 6.61 Å². The van der Waals surface area contributed by atoms with Gasteiger partial charge in [0.05, 0.1) is 5.02 Å². The Morgan fingerprint density at radius 3 is 2.26 bits per heavy atom. The van der Waals surface area contributed by atoms with Gasteiger partial charge in [-0.1, -0.05) is 83.3 Å². The summed E-state index contributed by atoms with van der Waals surface area (Å²) in [4.78, 5) is 28.4. The number of carbonyl (C=O) groups is 2. The Labute approximate surface area is 220 Å². The number of hydrogen-bond donors (Lipinski definition) is 1. The molecule has 0 aliphatic carbocycles. The highest BCUT2D eigenvalue weighted by atomic mass is 35.5. The Morgan fingerprint density at radius 1 is 0.914 bits per heavy atom. The quantitative estimate of drug-likeness (QED) is 0.338. The third kappa shape index (κ3) is 7.89. The van der Waals surface area contributed by atoms with Crippen LogP contribution in [0.1, 0.15) is 25.0 Å². The lowest BCUT2D eigenvalue weighted by Gasteiger charge is -2.32. The number of ether oxygens (including phenoxy) is 1. The first kappa shape index (κ1) is 26.9. The van der Waals surface area contributed by atoms with Crippen molar-refractivity contribution >= 4 is 46.6 Å². The average molecular weight is 534 g/mol. The first-order chi connectivity index (χ1) is 16.7. The first-order valence-electron chi connectivity index (χ1n) is 11.2. The largest absolute Gasteiger partial charge is 0.482 e. The van der Waals surface area contributed by atoms with E-state index in [4.69, 9.17) is 39.5 Å². The van der Waals surface area contributed by atoms with Gasteiger partial charge in [0.25, 0.3) is 5.91 Å². The van der Waals surface area contributed by atoms with Gasteiger partial charge in [-0.05, 0) is 49.2 Å². The van der Waals surface area contributed by atoms with Crippen LogP contribution < -0.4 is 10.1 Å². The molecule has 0 saturated heterocycles. The molecule has 1 atom stereocenters. The van der Waals surface area contributed by atoms with Gasteiger partial charge in [-0.15, -0.1) is 0 Å². The highest BCUT2D eigenvalue weighted by molar-refractivity contribution is 6.35. The number of para-hydroxylation sites is 1. The van der Waals surface area contributed by atoms with E-state index in [2.05, 4.69) is 5.32 Å². The summed E-state index contributed by atoms with van der Waals surface area (Å²) in [6, 6.07) is 20.6. The number of carbonyl (C=O) groups excluding carboxylic acids is 2. The lowest BCUT2D eigenvalue weighted by molar-refractivity contribution is -0.143. The molecular weight excluding hydrogens is 507 g/mol. The van der Waals surface area contributed by atoms with E-state index in [1.807, 2.05) is 44.2 Å². The zero-order valence-corrected chi connectivity index (χ0v) is 21.8. The van der Waals surface area contributed by atoms with Crippen molar-refractivity contribution < 1.29 is 14.3 Å². The van der Waals surface area contributed by atoms with Gasteiger partial charge in [0.2, 0.25) is 5.91 Å². The summed E-state index contributed by atoms with van der Waals surface area (Å²) in [6.45, 7) is 3.55. The summed E-state index contributed by atoms with van der Waals surface area (Å²) in [5.41, 5.74) is 1.58. The highest BCUT2D eigenvalue weighted by Crippen LogP contribution is 2.26. The molecule has 0 bridgehead atoms. The van der Waals surface area contributed by atoms with E-state index >= 15 is 0 Å². The summed E-state index contributed by atoms with van der Waals surface area (Å²) in [6.07, 6.45) is 0.322. The number of nitrogens with one attached hydrogen (secondary N) is 1. The second kappa shape index (κ2) is 12.8. The van der Waals surface area contributed by atoms with Gasteiger partial charge in [-0.3, -0.25) is 9.59 Å². The topological polar surface area (TPSA) is 58.6 Å². The summed E-state index contributed by atoms with van der Waals surface area (Å²) in [5, 5.41) is 4.23. The van der Waals surface area contributed by atoms with Crippen LogP contribution >= 0.6 is 34.8 Å². The minimum Gasteiger partial charge on any atom is -0.482 e. The second-order valence-corrected chi connectivity index (χ2v) is 9.60. The van der Waals surface area contributed by atoms with Crippen LogP contribution in [0.15, 0.2) is 72.8 Å². The van der Waals surface area contributed by atoms with Gasteiger partial charge < -0.3 is 15.0 Å². The SMILES string of the molecule is CC(C)NC(=O)[C@H](Cc1ccccc1)N(Cc1ccc(Cl)cc1Cl)C(=O)COc1ccccc1Cl. The zero-order chi connectivity index (χ0) is 25.4. The smallest absolute Gasteiger partial charge is 0.261 e. The molecule has 0 unspecified atom stereocenters. The molecule has 0 aliphatic rings. The van der Waals surface area contributed by atoms with Crippen LogP contribution in [0.5, 0.6) is 5.75 Å². The maximum Gasteiger partial charge on any atom is 0.261 e. The Balaban J connectivity index is 1.95. The lowest BCUT2D eigenvalue weighted by Crippen LogP contribution is -2.52. The molecule has 0 aromatic heterocycles. The number of hydrogen-bond acceptors (Lipinski definition) is 3. The molecule has 35 heavy (non-hydrogen) atoms. The molecule has 3 aromatic rings. The van der Waals surface area contributed by atoms with Crippen LogP contribution in [0.4, 0.5) is 0 Å². The number of amides is 2. The molecule has 184 valence electrons. The predicted molar refractivity (Wildman–Crippen MR) is 141 cm³/mol. The summed E-state index contributed by atoms with van der Waals surface area (Å²) in [5.74, 6) is -0.256. The van der Waals surface area contributed by atoms with E-state index in [9.17, 15) is 9.59 Å². The van der Waals surface area contributed by atoms with Gasteiger partial charge in [0.1, 0.15) is 11.8 Å². The van der Waals surface area contributed by atoms with Gasteiger partial charge >= 0.3 is 0 Å². The molecule has 8 heteroatoms. The molecular formula is C27H27Cl3N2O3. The second-order valence-electron chi connectivity index (χ2n) is 8.35. The molecule has 0 saturated carbocycles. The van der Waals surface area contributed by atoms with Crippen molar-refractivity contribution in [2.75, 3.05) is 6.61 Å². The van der Waals surface area contributed by atoms with E-state index in [0.29, 0.717) is 32.8 Å². The maximum atomic E-state index is 13.5. The van der Waals surface area contributed by atoms with Crippen LogP contribution in [0.2, 0.25) is 15.1 Å². The fourth-order valence-electron chi connectivity index (χ4n) is 3.55. The fourth-order valence-corrected chi connectivity index (χ4v) is 4.21. The van der Waals surface area contributed by atoms with Crippen LogP contribution in [0.3, 0.4) is 0 Å². The third-order valence-corrected chi connectivity index (χ3v) is 6.14. The minimum atomic E-state index is -0.797. The Morgan fingerprint density at radius 2 is 1.60 bits per heavy atom. The molecule has 3 aromatic carbocycles. The van der Waals surface area contributed by atoms with Gasteiger partial charge in [-0.25, -0.2) is 0 Å². The molecule has 5 nitrogen and oxygen atoms in total. The molecule has 0 spiro atoms. The highest BCUT2D eigenvalue weighted by Gasteiger charge is 2.31. The van der Waals surface area contributed by atoms with E-state index < -0.39 is 6.04 Å². The van der Waals surface area contributed by atoms with Crippen molar-refractivity contribution in [3.63, 3.8) is 0 Å². The van der Waals surface area contributed by atoms with Crippen LogP contribution in [0, 0.1) is 0 Å². The maximum absolute atomic E-state index is 13.5.